The van der Waals surface area contributed by atoms with E-state index in [1.165, 1.54) is 20.3 Å². The molecule has 12 heteroatoms. The maximum atomic E-state index is 13.4. The number of esters is 4. The molecule has 0 bridgehead atoms. The number of carbonyl (C=O) groups is 4. The summed E-state index contributed by atoms with van der Waals surface area (Å²) in [5.74, 6) is -3.16. The molecule has 12 nitrogen and oxygen atoms in total. The molecular formula is C28H28N2O10. The molecule has 0 amide bonds. The van der Waals surface area contributed by atoms with Crippen molar-refractivity contribution in [3.05, 3.63) is 70.9 Å². The van der Waals surface area contributed by atoms with Gasteiger partial charge in [-0.2, -0.15) is 5.10 Å². The van der Waals surface area contributed by atoms with Gasteiger partial charge in [0.05, 0.1) is 53.9 Å². The van der Waals surface area contributed by atoms with E-state index in [0.29, 0.717) is 11.3 Å². The number of ether oxygens (including phenoxy) is 6. The van der Waals surface area contributed by atoms with E-state index < -0.39 is 35.6 Å². The fourth-order valence-electron chi connectivity index (χ4n) is 4.05. The smallest absolute Gasteiger partial charge is 0.359 e. The second kappa shape index (κ2) is 13.1. The second-order valence-corrected chi connectivity index (χ2v) is 7.96. The highest BCUT2D eigenvalue weighted by Gasteiger charge is 2.40. The van der Waals surface area contributed by atoms with Gasteiger partial charge in [0, 0.05) is 11.1 Å². The van der Waals surface area contributed by atoms with E-state index in [2.05, 4.69) is 5.10 Å². The Labute approximate surface area is 230 Å². The average molecular weight is 553 g/mol. The van der Waals surface area contributed by atoms with Crippen LogP contribution in [0.4, 0.5) is 0 Å². The van der Waals surface area contributed by atoms with Gasteiger partial charge in [-0.05, 0) is 24.3 Å². The summed E-state index contributed by atoms with van der Waals surface area (Å²) in [6, 6.07) is 11.6. The number of hydrogen-bond donors (Lipinski definition) is 0. The zero-order valence-corrected chi connectivity index (χ0v) is 22.8. The molecule has 1 atom stereocenters. The lowest BCUT2D eigenvalue weighted by Gasteiger charge is -2.21. The van der Waals surface area contributed by atoms with Crippen LogP contribution in [0.1, 0.15) is 32.5 Å². The molecule has 0 N–H and O–H groups in total. The first-order chi connectivity index (χ1) is 19.3. The maximum absolute atomic E-state index is 13.4. The minimum atomic E-state index is -1.66. The van der Waals surface area contributed by atoms with Crippen molar-refractivity contribution in [3.63, 3.8) is 0 Å². The molecule has 3 aromatic rings. The van der Waals surface area contributed by atoms with E-state index >= 15 is 0 Å². The van der Waals surface area contributed by atoms with Gasteiger partial charge in [-0.15, -0.1) is 0 Å². The summed E-state index contributed by atoms with van der Waals surface area (Å²) in [5, 5.41) is 4.30. The molecule has 1 heterocycles. The molecule has 210 valence electrons. The zero-order valence-electron chi connectivity index (χ0n) is 22.8. The Morgan fingerprint density at radius 1 is 0.750 bits per heavy atom. The van der Waals surface area contributed by atoms with Crippen molar-refractivity contribution in [1.29, 1.82) is 0 Å². The first kappa shape index (κ1) is 29.4. The van der Waals surface area contributed by atoms with Crippen LogP contribution in [-0.2, 0) is 28.5 Å². The standard InChI is InChI=1S/C28H28N2O10/c1-35-19-13-9-7-11-16(19)15-18(25(31)37-3)24(28(34)40-6)30-23(17-12-8-10-14-20(17)36-2)21(26(32)38-4)22(29-30)27(33)39-5/h7-15,24H,1-6H3/b18-15-. The lowest BCUT2D eigenvalue weighted by atomic mass is 10.00. The molecule has 1 aromatic heterocycles. The van der Waals surface area contributed by atoms with Crippen LogP contribution in [0.5, 0.6) is 11.5 Å². The van der Waals surface area contributed by atoms with Crippen molar-refractivity contribution < 1.29 is 47.6 Å². The van der Waals surface area contributed by atoms with Gasteiger partial charge in [0.2, 0.25) is 0 Å². The van der Waals surface area contributed by atoms with E-state index in [1.54, 1.807) is 48.5 Å². The number of para-hydroxylation sites is 2. The van der Waals surface area contributed by atoms with Gasteiger partial charge in [0.1, 0.15) is 17.1 Å². The average Bonchev–Trinajstić information content (AvgIpc) is 3.39. The normalized spacial score (nSPS) is 11.7. The number of nitrogens with zero attached hydrogens (tertiary/aromatic N) is 2. The zero-order chi connectivity index (χ0) is 29.4. The molecule has 0 spiro atoms. The molecule has 0 saturated heterocycles. The molecule has 2 aromatic carbocycles. The van der Waals surface area contributed by atoms with Crippen LogP contribution in [0.3, 0.4) is 0 Å². The second-order valence-electron chi connectivity index (χ2n) is 7.96. The molecule has 3 rings (SSSR count). The van der Waals surface area contributed by atoms with E-state index in [1.807, 2.05) is 0 Å². The van der Waals surface area contributed by atoms with Crippen LogP contribution >= 0.6 is 0 Å². The van der Waals surface area contributed by atoms with Gasteiger partial charge in [0.15, 0.2) is 11.7 Å². The van der Waals surface area contributed by atoms with Crippen molar-refractivity contribution in [1.82, 2.24) is 9.78 Å². The summed E-state index contributed by atoms with van der Waals surface area (Å²) < 4.78 is 31.8. The van der Waals surface area contributed by atoms with Crippen LogP contribution in [0.2, 0.25) is 0 Å². The quantitative estimate of drug-likeness (QED) is 0.208. The third-order valence-electron chi connectivity index (χ3n) is 5.88. The van der Waals surface area contributed by atoms with Crippen LogP contribution in [0.25, 0.3) is 17.3 Å². The fraction of sp³-hybridized carbons (Fsp3) is 0.250. The number of benzene rings is 2. The van der Waals surface area contributed by atoms with Crippen molar-refractivity contribution in [2.75, 3.05) is 42.7 Å². The molecule has 0 aliphatic carbocycles. The maximum Gasteiger partial charge on any atom is 0.359 e. The van der Waals surface area contributed by atoms with Crippen molar-refractivity contribution in [2.24, 2.45) is 0 Å². The fourth-order valence-corrected chi connectivity index (χ4v) is 4.05. The Morgan fingerprint density at radius 3 is 1.93 bits per heavy atom. The summed E-state index contributed by atoms with van der Waals surface area (Å²) in [5.41, 5.74) is -0.435. The van der Waals surface area contributed by atoms with Crippen molar-refractivity contribution >= 4 is 30.0 Å². The number of aromatic nitrogens is 2. The highest BCUT2D eigenvalue weighted by Crippen LogP contribution is 2.38. The Morgan fingerprint density at radius 2 is 1.35 bits per heavy atom. The van der Waals surface area contributed by atoms with Gasteiger partial charge < -0.3 is 28.4 Å². The topological polar surface area (TPSA) is 141 Å². The molecule has 0 aliphatic heterocycles. The molecule has 40 heavy (non-hydrogen) atoms. The van der Waals surface area contributed by atoms with E-state index in [9.17, 15) is 19.2 Å². The Bertz CT molecular complexity index is 1460. The van der Waals surface area contributed by atoms with E-state index in [4.69, 9.17) is 28.4 Å². The largest absolute Gasteiger partial charge is 0.496 e. The first-order valence-electron chi connectivity index (χ1n) is 11.7. The highest BCUT2D eigenvalue weighted by molar-refractivity contribution is 6.08. The summed E-state index contributed by atoms with van der Waals surface area (Å²) in [7, 11) is 7.31. The number of hydrogen-bond acceptors (Lipinski definition) is 11. The minimum Gasteiger partial charge on any atom is -0.496 e. The Kier molecular flexibility index (Phi) is 9.63. The summed E-state index contributed by atoms with van der Waals surface area (Å²) in [6.45, 7) is 0. The highest BCUT2D eigenvalue weighted by atomic mass is 16.5. The third-order valence-corrected chi connectivity index (χ3v) is 5.88. The van der Waals surface area contributed by atoms with Gasteiger partial charge in [-0.1, -0.05) is 30.3 Å². The summed E-state index contributed by atoms with van der Waals surface area (Å²) in [6.07, 6.45) is 1.37. The predicted molar refractivity (Wildman–Crippen MR) is 141 cm³/mol. The first-order valence-corrected chi connectivity index (χ1v) is 11.7. The number of carbonyl (C=O) groups excluding carboxylic acids is 4. The van der Waals surface area contributed by atoms with Crippen LogP contribution < -0.4 is 9.47 Å². The molecule has 0 aliphatic rings. The SMILES string of the molecule is COC(=O)/C(=C\c1ccccc1OC)C(C(=O)OC)n1nc(C(=O)OC)c(C(=O)OC)c1-c1ccccc1OC. The Hall–Kier alpha value is -5.13. The van der Waals surface area contributed by atoms with E-state index in [-0.39, 0.29) is 28.1 Å². The Balaban J connectivity index is 2.53. The molecule has 0 radical (unpaired) electrons. The predicted octanol–water partition coefficient (Wildman–Crippen LogP) is 3.11. The number of methoxy groups -OCH3 is 6. The van der Waals surface area contributed by atoms with Gasteiger partial charge >= 0.3 is 23.9 Å². The number of rotatable bonds is 10. The monoisotopic (exact) mass is 552 g/mol. The van der Waals surface area contributed by atoms with Crippen LogP contribution in [0, 0.1) is 0 Å². The lowest BCUT2D eigenvalue weighted by Crippen LogP contribution is -2.29. The van der Waals surface area contributed by atoms with Gasteiger partial charge in [0.25, 0.3) is 0 Å². The summed E-state index contributed by atoms with van der Waals surface area (Å²) in [4.78, 5) is 52.6. The molecule has 0 fully saturated rings. The van der Waals surface area contributed by atoms with Crippen LogP contribution in [-0.4, -0.2) is 76.3 Å². The molecule has 1 unspecified atom stereocenters. The third kappa shape index (κ3) is 5.65. The van der Waals surface area contributed by atoms with Crippen molar-refractivity contribution in [2.45, 2.75) is 6.04 Å². The molecule has 0 saturated carbocycles. The van der Waals surface area contributed by atoms with E-state index in [0.717, 1.165) is 33.1 Å². The van der Waals surface area contributed by atoms with Crippen LogP contribution in [0.15, 0.2) is 54.1 Å². The van der Waals surface area contributed by atoms with Gasteiger partial charge in [-0.25, -0.2) is 23.9 Å². The molecular weight excluding hydrogens is 524 g/mol. The minimum absolute atomic E-state index is 0.0741. The van der Waals surface area contributed by atoms with Gasteiger partial charge in [-0.3, -0.25) is 0 Å². The lowest BCUT2D eigenvalue weighted by molar-refractivity contribution is -0.146. The summed E-state index contributed by atoms with van der Waals surface area (Å²) >= 11 is 0. The van der Waals surface area contributed by atoms with Crippen molar-refractivity contribution in [3.8, 4) is 22.8 Å².